The summed E-state index contributed by atoms with van der Waals surface area (Å²) in [5.74, 6) is -1.13. The van der Waals surface area contributed by atoms with Crippen molar-refractivity contribution in [3.63, 3.8) is 0 Å². The fraction of sp³-hybridized carbons (Fsp3) is 0.583. The Morgan fingerprint density at radius 1 is 1.50 bits per heavy atom. The standard InChI is InChI=1S/C12H20N4O4/c1-16-8-9(7-14-16)10(11(17)18)15-12(19)13-5-3-4-6-20-2/h7-8,10H,3-6H2,1-2H3,(H,17,18)(H2,13,15,19). The van der Waals surface area contributed by atoms with Crippen LogP contribution >= 0.6 is 0 Å². The predicted octanol–water partition coefficient (Wildman–Crippen LogP) is 0.272. The van der Waals surface area contributed by atoms with Crippen molar-refractivity contribution in [2.24, 2.45) is 7.05 Å². The highest BCUT2D eigenvalue weighted by atomic mass is 16.5. The molecular weight excluding hydrogens is 264 g/mol. The quantitative estimate of drug-likeness (QED) is 0.594. The van der Waals surface area contributed by atoms with Crippen molar-refractivity contribution in [1.29, 1.82) is 0 Å². The van der Waals surface area contributed by atoms with Gasteiger partial charge in [0.05, 0.1) is 6.20 Å². The molecule has 0 radical (unpaired) electrons. The highest BCUT2D eigenvalue weighted by Crippen LogP contribution is 2.11. The molecule has 0 aliphatic heterocycles. The molecular formula is C12H20N4O4. The lowest BCUT2D eigenvalue weighted by Gasteiger charge is -2.13. The van der Waals surface area contributed by atoms with Crippen molar-refractivity contribution in [2.75, 3.05) is 20.3 Å². The smallest absolute Gasteiger partial charge is 0.331 e. The fourth-order valence-electron chi connectivity index (χ4n) is 1.63. The van der Waals surface area contributed by atoms with Gasteiger partial charge < -0.3 is 20.5 Å². The summed E-state index contributed by atoms with van der Waals surface area (Å²) >= 11 is 0. The summed E-state index contributed by atoms with van der Waals surface area (Å²) in [7, 11) is 3.30. The number of carboxylic acids is 1. The number of nitrogens with zero attached hydrogens (tertiary/aromatic N) is 2. The molecule has 20 heavy (non-hydrogen) atoms. The van der Waals surface area contributed by atoms with E-state index in [2.05, 4.69) is 15.7 Å². The Morgan fingerprint density at radius 3 is 2.80 bits per heavy atom. The van der Waals surface area contributed by atoms with Gasteiger partial charge in [-0.1, -0.05) is 0 Å². The Morgan fingerprint density at radius 2 is 2.25 bits per heavy atom. The van der Waals surface area contributed by atoms with Gasteiger partial charge in [-0.3, -0.25) is 4.68 Å². The van der Waals surface area contributed by atoms with Crippen LogP contribution in [0.4, 0.5) is 4.79 Å². The van der Waals surface area contributed by atoms with Crippen molar-refractivity contribution >= 4 is 12.0 Å². The molecule has 0 aromatic carbocycles. The molecule has 0 spiro atoms. The number of hydrogen-bond donors (Lipinski definition) is 3. The van der Waals surface area contributed by atoms with E-state index in [0.29, 0.717) is 18.7 Å². The van der Waals surface area contributed by atoms with Crippen molar-refractivity contribution < 1.29 is 19.4 Å². The molecule has 0 fully saturated rings. The normalized spacial score (nSPS) is 11.9. The van der Waals surface area contributed by atoms with Crippen LogP contribution in [0.1, 0.15) is 24.4 Å². The second-order valence-corrected chi connectivity index (χ2v) is 4.32. The molecule has 1 atom stereocenters. The van der Waals surface area contributed by atoms with E-state index in [-0.39, 0.29) is 0 Å². The van der Waals surface area contributed by atoms with E-state index in [4.69, 9.17) is 9.84 Å². The summed E-state index contributed by atoms with van der Waals surface area (Å²) in [6.07, 6.45) is 4.57. The molecule has 1 aromatic rings. The Bertz CT molecular complexity index is 446. The zero-order chi connectivity index (χ0) is 15.0. The van der Waals surface area contributed by atoms with E-state index >= 15 is 0 Å². The van der Waals surface area contributed by atoms with Gasteiger partial charge in [0, 0.05) is 39.1 Å². The third kappa shape index (κ3) is 5.27. The van der Waals surface area contributed by atoms with Crippen LogP contribution in [0.2, 0.25) is 0 Å². The zero-order valence-electron chi connectivity index (χ0n) is 11.6. The maximum absolute atomic E-state index is 11.6. The molecule has 1 heterocycles. The summed E-state index contributed by atoms with van der Waals surface area (Å²) in [4.78, 5) is 22.8. The molecule has 1 rings (SSSR count). The number of urea groups is 1. The third-order valence-corrected chi connectivity index (χ3v) is 2.64. The second kappa shape index (κ2) is 8.16. The van der Waals surface area contributed by atoms with Crippen LogP contribution in [0.15, 0.2) is 12.4 Å². The Labute approximate surface area is 117 Å². The highest BCUT2D eigenvalue weighted by molar-refractivity contribution is 5.83. The van der Waals surface area contributed by atoms with Gasteiger partial charge in [0.25, 0.3) is 0 Å². The zero-order valence-corrected chi connectivity index (χ0v) is 11.6. The van der Waals surface area contributed by atoms with Gasteiger partial charge in [-0.25, -0.2) is 9.59 Å². The van der Waals surface area contributed by atoms with Crippen molar-refractivity contribution in [2.45, 2.75) is 18.9 Å². The Balaban J connectivity index is 2.42. The van der Waals surface area contributed by atoms with Gasteiger partial charge in [-0.15, -0.1) is 0 Å². The van der Waals surface area contributed by atoms with Crippen LogP contribution < -0.4 is 10.6 Å². The van der Waals surface area contributed by atoms with Crippen molar-refractivity contribution in [1.82, 2.24) is 20.4 Å². The number of rotatable bonds is 8. The molecule has 0 aliphatic rings. The SMILES string of the molecule is COCCCCNC(=O)NC(C(=O)O)c1cnn(C)c1. The summed E-state index contributed by atoms with van der Waals surface area (Å²) in [5.41, 5.74) is 0.425. The average molecular weight is 284 g/mol. The van der Waals surface area contributed by atoms with Crippen LogP contribution in [0.3, 0.4) is 0 Å². The molecule has 112 valence electrons. The van der Waals surface area contributed by atoms with Crippen molar-refractivity contribution in [3.05, 3.63) is 18.0 Å². The van der Waals surface area contributed by atoms with Crippen LogP contribution in [0.5, 0.6) is 0 Å². The average Bonchev–Trinajstić information content (AvgIpc) is 2.81. The van der Waals surface area contributed by atoms with E-state index in [0.717, 1.165) is 12.8 Å². The second-order valence-electron chi connectivity index (χ2n) is 4.32. The van der Waals surface area contributed by atoms with E-state index < -0.39 is 18.0 Å². The lowest BCUT2D eigenvalue weighted by molar-refractivity contribution is -0.139. The minimum atomic E-state index is -1.13. The lowest BCUT2D eigenvalue weighted by Crippen LogP contribution is -2.41. The maximum atomic E-state index is 11.6. The Kier molecular flexibility index (Phi) is 6.51. The number of carbonyl (C=O) groups is 2. The number of aryl methyl sites for hydroxylation is 1. The largest absolute Gasteiger partial charge is 0.479 e. The summed E-state index contributed by atoms with van der Waals surface area (Å²) in [5, 5.41) is 18.0. The predicted molar refractivity (Wildman–Crippen MR) is 71.2 cm³/mol. The summed E-state index contributed by atoms with van der Waals surface area (Å²) in [6, 6.07) is -1.62. The topological polar surface area (TPSA) is 105 Å². The molecule has 1 unspecified atom stereocenters. The minimum absolute atomic E-state index is 0.425. The number of nitrogens with one attached hydrogen (secondary N) is 2. The highest BCUT2D eigenvalue weighted by Gasteiger charge is 2.23. The Hall–Kier alpha value is -2.09. The molecule has 2 amide bonds. The number of methoxy groups -OCH3 is 1. The number of carbonyl (C=O) groups excluding carboxylic acids is 1. The number of aliphatic carboxylic acids is 1. The van der Waals surface area contributed by atoms with Crippen molar-refractivity contribution in [3.8, 4) is 0 Å². The van der Waals surface area contributed by atoms with E-state index in [1.54, 1.807) is 20.4 Å². The van der Waals surface area contributed by atoms with Gasteiger partial charge in [0.1, 0.15) is 0 Å². The monoisotopic (exact) mass is 284 g/mol. The van der Waals surface area contributed by atoms with Gasteiger partial charge in [0.15, 0.2) is 6.04 Å². The van der Waals surface area contributed by atoms with E-state index in [9.17, 15) is 9.59 Å². The first-order valence-electron chi connectivity index (χ1n) is 6.29. The van der Waals surface area contributed by atoms with E-state index in [1.807, 2.05) is 0 Å². The molecule has 1 aromatic heterocycles. The number of unbranched alkanes of at least 4 members (excludes halogenated alkanes) is 1. The minimum Gasteiger partial charge on any atom is -0.479 e. The van der Waals surface area contributed by atoms with Crippen LogP contribution in [-0.4, -0.2) is 47.1 Å². The molecule has 0 bridgehead atoms. The molecule has 0 aliphatic carbocycles. The first kappa shape index (κ1) is 16.0. The number of aromatic nitrogens is 2. The number of amides is 2. The molecule has 0 saturated heterocycles. The number of hydrogen-bond acceptors (Lipinski definition) is 4. The van der Waals surface area contributed by atoms with Gasteiger partial charge in [0.2, 0.25) is 0 Å². The lowest BCUT2D eigenvalue weighted by atomic mass is 10.1. The first-order valence-corrected chi connectivity index (χ1v) is 6.29. The van der Waals surface area contributed by atoms with Gasteiger partial charge >= 0.3 is 12.0 Å². The maximum Gasteiger partial charge on any atom is 0.331 e. The van der Waals surface area contributed by atoms with Crippen LogP contribution in [0, 0.1) is 0 Å². The number of ether oxygens (including phenoxy) is 1. The van der Waals surface area contributed by atoms with E-state index in [1.165, 1.54) is 10.9 Å². The molecule has 8 heteroatoms. The molecule has 0 saturated carbocycles. The molecule has 8 nitrogen and oxygen atoms in total. The summed E-state index contributed by atoms with van der Waals surface area (Å²) < 4.78 is 6.37. The fourth-order valence-corrected chi connectivity index (χ4v) is 1.63. The van der Waals surface area contributed by atoms with Crippen LogP contribution in [0.25, 0.3) is 0 Å². The summed E-state index contributed by atoms with van der Waals surface area (Å²) in [6.45, 7) is 1.10. The van der Waals surface area contributed by atoms with Crippen LogP contribution in [-0.2, 0) is 16.6 Å². The van der Waals surface area contributed by atoms with Gasteiger partial charge in [-0.05, 0) is 12.8 Å². The van der Waals surface area contributed by atoms with Gasteiger partial charge in [-0.2, -0.15) is 5.10 Å². The molecule has 3 N–H and O–H groups in total. The number of carboxylic acid groups (broad SMARTS) is 1. The third-order valence-electron chi connectivity index (χ3n) is 2.64. The first-order chi connectivity index (χ1) is 9.54.